The van der Waals surface area contributed by atoms with Crippen LogP contribution in [0.2, 0.25) is 5.02 Å². The van der Waals surface area contributed by atoms with Gasteiger partial charge in [0.1, 0.15) is 5.75 Å². The van der Waals surface area contributed by atoms with E-state index in [9.17, 15) is 18.0 Å². The molecule has 0 saturated heterocycles. The largest absolute Gasteiger partial charge is 0.496 e. The minimum atomic E-state index is -4.59. The summed E-state index contributed by atoms with van der Waals surface area (Å²) >= 11 is 6.37. The molecule has 1 N–H and O–H groups in total. The van der Waals surface area contributed by atoms with E-state index < -0.39 is 17.2 Å². The highest BCUT2D eigenvalue weighted by Gasteiger charge is 2.42. The van der Waals surface area contributed by atoms with Crippen molar-refractivity contribution in [2.45, 2.75) is 43.7 Å². The summed E-state index contributed by atoms with van der Waals surface area (Å²) < 4.78 is 44.7. The quantitative estimate of drug-likeness (QED) is 0.649. The van der Waals surface area contributed by atoms with Crippen LogP contribution in [0.1, 0.15) is 43.2 Å². The van der Waals surface area contributed by atoms with Gasteiger partial charge in [0.2, 0.25) is 5.91 Å². The summed E-state index contributed by atoms with van der Waals surface area (Å²) in [6.07, 6.45) is -0.655. The smallest absolute Gasteiger partial charge is 0.420 e. The van der Waals surface area contributed by atoms with Crippen LogP contribution in [0, 0.1) is 0 Å². The summed E-state index contributed by atoms with van der Waals surface area (Å²) in [5.74, 6) is -0.623. The van der Waals surface area contributed by atoms with E-state index in [0.717, 1.165) is 30.9 Å². The number of rotatable bonds is 4. The Labute approximate surface area is 166 Å². The summed E-state index contributed by atoms with van der Waals surface area (Å²) in [4.78, 5) is 13.3. The number of ether oxygens (including phenoxy) is 1. The average Bonchev–Trinajstić information content (AvgIpc) is 2.68. The molecule has 0 bridgehead atoms. The summed E-state index contributed by atoms with van der Waals surface area (Å²) in [5, 5.41) is 3.18. The molecule has 0 aromatic heterocycles. The third-order valence-corrected chi connectivity index (χ3v) is 5.62. The number of carbonyl (C=O) groups excluding carboxylic acids is 1. The zero-order chi connectivity index (χ0) is 20.4. The first-order valence-corrected chi connectivity index (χ1v) is 9.47. The van der Waals surface area contributed by atoms with Crippen molar-refractivity contribution in [1.29, 1.82) is 0 Å². The second-order valence-electron chi connectivity index (χ2n) is 6.99. The molecule has 2 aromatic rings. The maximum atomic E-state index is 13.3. The molecule has 0 unspecified atom stereocenters. The summed E-state index contributed by atoms with van der Waals surface area (Å²) in [6, 6.07) is 10.7. The maximum absolute atomic E-state index is 13.3. The van der Waals surface area contributed by atoms with Crippen molar-refractivity contribution in [1.82, 2.24) is 0 Å². The van der Waals surface area contributed by atoms with Crippen molar-refractivity contribution in [3.63, 3.8) is 0 Å². The predicted molar refractivity (Wildman–Crippen MR) is 103 cm³/mol. The van der Waals surface area contributed by atoms with Gasteiger partial charge in [0.25, 0.3) is 0 Å². The zero-order valence-corrected chi connectivity index (χ0v) is 16.2. The van der Waals surface area contributed by atoms with Gasteiger partial charge in [0.15, 0.2) is 0 Å². The van der Waals surface area contributed by atoms with E-state index in [1.54, 1.807) is 12.1 Å². The van der Waals surface area contributed by atoms with Crippen LogP contribution in [0.4, 0.5) is 18.9 Å². The Morgan fingerprint density at radius 2 is 1.79 bits per heavy atom. The van der Waals surface area contributed by atoms with Gasteiger partial charge in [-0.05, 0) is 42.7 Å². The fourth-order valence-electron chi connectivity index (χ4n) is 3.88. The molecule has 1 fully saturated rings. The molecule has 1 aliphatic rings. The fraction of sp³-hybridized carbons (Fsp3) is 0.381. The van der Waals surface area contributed by atoms with Gasteiger partial charge in [-0.1, -0.05) is 49.1 Å². The molecule has 3 rings (SSSR count). The van der Waals surface area contributed by atoms with E-state index in [4.69, 9.17) is 16.3 Å². The first kappa shape index (κ1) is 20.5. The topological polar surface area (TPSA) is 38.3 Å². The number of anilines is 1. The van der Waals surface area contributed by atoms with Gasteiger partial charge in [-0.25, -0.2) is 0 Å². The number of halogens is 4. The predicted octanol–water partition coefficient (Wildman–Crippen LogP) is 6.21. The third-order valence-electron chi connectivity index (χ3n) is 5.29. The van der Waals surface area contributed by atoms with Crippen LogP contribution in [0.5, 0.6) is 5.75 Å². The van der Waals surface area contributed by atoms with Crippen molar-refractivity contribution < 1.29 is 22.7 Å². The number of amides is 1. The van der Waals surface area contributed by atoms with Gasteiger partial charge in [0, 0.05) is 10.7 Å². The molecule has 0 heterocycles. The van der Waals surface area contributed by atoms with Gasteiger partial charge in [-0.3, -0.25) is 4.79 Å². The van der Waals surface area contributed by atoms with Crippen LogP contribution in [0.15, 0.2) is 42.5 Å². The molecular weight excluding hydrogens is 391 g/mol. The van der Waals surface area contributed by atoms with Crippen LogP contribution in [0.3, 0.4) is 0 Å². The first-order valence-electron chi connectivity index (χ1n) is 9.09. The van der Waals surface area contributed by atoms with Crippen LogP contribution in [-0.2, 0) is 16.4 Å². The molecule has 1 amide bonds. The van der Waals surface area contributed by atoms with Crippen LogP contribution in [-0.4, -0.2) is 13.0 Å². The van der Waals surface area contributed by atoms with Crippen molar-refractivity contribution in [2.24, 2.45) is 0 Å². The number of alkyl halides is 3. The van der Waals surface area contributed by atoms with Crippen LogP contribution >= 0.6 is 11.6 Å². The maximum Gasteiger partial charge on any atom is 0.420 e. The monoisotopic (exact) mass is 411 g/mol. The van der Waals surface area contributed by atoms with E-state index in [2.05, 4.69) is 5.32 Å². The molecular formula is C21H21ClF3NO2. The third kappa shape index (κ3) is 3.97. The first-order chi connectivity index (χ1) is 13.3. The SMILES string of the molecule is COc1ccc(NC(=O)C2(c3ccccc3Cl)CCCCC2)cc1C(F)(F)F. The molecule has 28 heavy (non-hydrogen) atoms. The molecule has 150 valence electrons. The number of nitrogens with one attached hydrogen (secondary N) is 1. The van der Waals surface area contributed by atoms with E-state index in [-0.39, 0.29) is 17.3 Å². The second kappa shape index (κ2) is 8.03. The zero-order valence-electron chi connectivity index (χ0n) is 15.4. The minimum absolute atomic E-state index is 0.0788. The summed E-state index contributed by atoms with van der Waals surface area (Å²) in [7, 11) is 1.18. The van der Waals surface area contributed by atoms with Crippen LogP contribution < -0.4 is 10.1 Å². The van der Waals surface area contributed by atoms with E-state index >= 15 is 0 Å². The molecule has 2 aromatic carbocycles. The molecule has 0 aliphatic heterocycles. The molecule has 0 atom stereocenters. The van der Waals surface area contributed by atoms with Gasteiger partial charge in [-0.2, -0.15) is 13.2 Å². The number of methoxy groups -OCH3 is 1. The minimum Gasteiger partial charge on any atom is -0.496 e. The number of hydrogen-bond acceptors (Lipinski definition) is 2. The summed E-state index contributed by atoms with van der Waals surface area (Å²) in [6.45, 7) is 0. The lowest BCUT2D eigenvalue weighted by Gasteiger charge is -2.37. The van der Waals surface area contributed by atoms with E-state index in [0.29, 0.717) is 17.9 Å². The molecule has 7 heteroatoms. The number of carbonyl (C=O) groups is 1. The summed E-state index contributed by atoms with van der Waals surface area (Å²) in [5.41, 5.74) is -0.980. The Morgan fingerprint density at radius 3 is 2.39 bits per heavy atom. The highest BCUT2D eigenvalue weighted by molar-refractivity contribution is 6.31. The normalized spacial score (nSPS) is 16.5. The van der Waals surface area contributed by atoms with E-state index in [1.165, 1.54) is 19.2 Å². The van der Waals surface area contributed by atoms with Crippen LogP contribution in [0.25, 0.3) is 0 Å². The molecule has 3 nitrogen and oxygen atoms in total. The average molecular weight is 412 g/mol. The Hall–Kier alpha value is -2.21. The van der Waals surface area contributed by atoms with Crippen molar-refractivity contribution in [3.8, 4) is 5.75 Å². The van der Waals surface area contributed by atoms with Crippen molar-refractivity contribution >= 4 is 23.2 Å². The fourth-order valence-corrected chi connectivity index (χ4v) is 4.20. The van der Waals surface area contributed by atoms with Crippen molar-refractivity contribution in [2.75, 3.05) is 12.4 Å². The van der Waals surface area contributed by atoms with E-state index in [1.807, 2.05) is 12.1 Å². The Balaban J connectivity index is 1.97. The lowest BCUT2D eigenvalue weighted by Crippen LogP contribution is -2.42. The van der Waals surface area contributed by atoms with Gasteiger partial charge in [0.05, 0.1) is 18.1 Å². The Morgan fingerprint density at radius 1 is 1.11 bits per heavy atom. The van der Waals surface area contributed by atoms with Crippen molar-refractivity contribution in [3.05, 3.63) is 58.6 Å². The molecule has 0 spiro atoms. The Kier molecular flexibility index (Phi) is 5.89. The molecule has 1 saturated carbocycles. The van der Waals surface area contributed by atoms with Gasteiger partial charge >= 0.3 is 6.18 Å². The Bertz CT molecular complexity index is 861. The number of benzene rings is 2. The number of hydrogen-bond donors (Lipinski definition) is 1. The van der Waals surface area contributed by atoms with Gasteiger partial charge in [-0.15, -0.1) is 0 Å². The lowest BCUT2D eigenvalue weighted by atomic mass is 9.68. The molecule has 1 aliphatic carbocycles. The second-order valence-corrected chi connectivity index (χ2v) is 7.40. The highest BCUT2D eigenvalue weighted by atomic mass is 35.5. The molecule has 0 radical (unpaired) electrons. The van der Waals surface area contributed by atoms with Gasteiger partial charge < -0.3 is 10.1 Å². The highest BCUT2D eigenvalue weighted by Crippen LogP contribution is 2.44. The lowest BCUT2D eigenvalue weighted by molar-refractivity contribution is -0.138. The standard InChI is InChI=1S/C21H21ClF3NO2/c1-28-18-10-9-14(13-16(18)21(23,24)25)26-19(27)20(11-5-2-6-12-20)15-7-3-4-8-17(15)22/h3-4,7-10,13H,2,5-6,11-12H2,1H3,(H,26,27).